The molecule has 0 saturated heterocycles. The fraction of sp³-hybridized carbons (Fsp3) is 0.462. The summed E-state index contributed by atoms with van der Waals surface area (Å²) in [6.45, 7) is 9.47. The highest BCUT2D eigenvalue weighted by atomic mass is 35.5. The molecule has 2 atom stereocenters. The lowest BCUT2D eigenvalue weighted by Crippen LogP contribution is -2.51. The number of ether oxygens (including phenoxy) is 1. The van der Waals surface area contributed by atoms with Gasteiger partial charge in [0, 0.05) is 43.7 Å². The van der Waals surface area contributed by atoms with Crippen molar-refractivity contribution in [2.75, 3.05) is 31.6 Å². The van der Waals surface area contributed by atoms with Gasteiger partial charge in [-0.05, 0) is 56.2 Å². The quantitative estimate of drug-likeness (QED) is 0.476. The summed E-state index contributed by atoms with van der Waals surface area (Å²) in [6.07, 6.45) is -0.214. The summed E-state index contributed by atoms with van der Waals surface area (Å²) in [6, 6.07) is 13.8. The van der Waals surface area contributed by atoms with E-state index in [9.17, 15) is 9.90 Å². The number of aryl methyl sites for hydroxylation is 1. The van der Waals surface area contributed by atoms with Crippen LogP contribution in [-0.4, -0.2) is 55.1 Å². The van der Waals surface area contributed by atoms with Crippen LogP contribution in [0.4, 0.5) is 5.69 Å². The molecule has 0 spiro atoms. The monoisotopic (exact) mass is 486 g/mol. The van der Waals surface area contributed by atoms with Crippen LogP contribution in [0.15, 0.2) is 47.6 Å². The molecular weight excluding hydrogens is 452 g/mol. The molecule has 0 aliphatic carbocycles. The number of hydrazone groups is 1. The van der Waals surface area contributed by atoms with E-state index in [2.05, 4.69) is 46.7 Å². The van der Waals surface area contributed by atoms with E-state index in [4.69, 9.17) is 16.3 Å². The number of benzene rings is 2. The van der Waals surface area contributed by atoms with E-state index < -0.39 is 6.10 Å². The first-order chi connectivity index (χ1) is 16.0. The first-order valence-electron chi connectivity index (χ1n) is 11.5. The van der Waals surface area contributed by atoms with Crippen molar-refractivity contribution in [1.82, 2.24) is 10.7 Å². The second-order valence-corrected chi connectivity index (χ2v) is 10.1. The summed E-state index contributed by atoms with van der Waals surface area (Å²) in [5, 5.41) is 18.6. The Kier molecular flexibility index (Phi) is 8.57. The largest absolute Gasteiger partial charge is 0.489 e. The van der Waals surface area contributed by atoms with E-state index >= 15 is 0 Å². The topological polar surface area (TPSA) is 86.2 Å². The van der Waals surface area contributed by atoms with Gasteiger partial charge in [0.15, 0.2) is 0 Å². The minimum absolute atomic E-state index is 0.0435. The molecule has 7 nitrogen and oxygen atoms in total. The van der Waals surface area contributed by atoms with Crippen LogP contribution < -0.4 is 20.4 Å². The molecule has 1 amide bonds. The first kappa shape index (κ1) is 26.0. The molecule has 184 valence electrons. The molecule has 1 heterocycles. The number of aliphatic hydroxyl groups is 1. The van der Waals surface area contributed by atoms with Gasteiger partial charge in [-0.15, -0.1) is 0 Å². The second kappa shape index (κ2) is 11.2. The van der Waals surface area contributed by atoms with Gasteiger partial charge < -0.3 is 20.1 Å². The van der Waals surface area contributed by atoms with Crippen molar-refractivity contribution in [3.63, 3.8) is 0 Å². The summed E-state index contributed by atoms with van der Waals surface area (Å²) >= 11 is 6.16. The fourth-order valence-electron chi connectivity index (χ4n) is 3.99. The zero-order valence-electron chi connectivity index (χ0n) is 20.6. The Morgan fingerprint density at radius 1 is 1.29 bits per heavy atom. The number of aliphatic hydroxyl groups excluding tert-OH is 1. The number of carbonyl (C=O) groups excluding carboxylic acids is 1. The minimum Gasteiger partial charge on any atom is -0.489 e. The SMILES string of the molecule is Cc1ccc(Cl)c(OCC(O)CNC(C)(C)CN(C)c2ccc(C3=NNC(=O)CC3C)cc2)c1. The van der Waals surface area contributed by atoms with Crippen molar-refractivity contribution in [2.45, 2.75) is 45.8 Å². The van der Waals surface area contributed by atoms with Crippen LogP contribution in [0.5, 0.6) is 5.75 Å². The molecule has 3 N–H and O–H groups in total. The molecule has 0 saturated carbocycles. The van der Waals surface area contributed by atoms with E-state index in [1.165, 1.54) is 0 Å². The van der Waals surface area contributed by atoms with Crippen molar-refractivity contribution in [3.05, 3.63) is 58.6 Å². The Bertz CT molecular complexity index is 1020. The number of hydrogen-bond donors (Lipinski definition) is 3. The van der Waals surface area contributed by atoms with Gasteiger partial charge in [-0.1, -0.05) is 36.7 Å². The highest BCUT2D eigenvalue weighted by Gasteiger charge is 2.23. The number of amides is 1. The van der Waals surface area contributed by atoms with Crippen LogP contribution >= 0.6 is 11.6 Å². The smallest absolute Gasteiger partial charge is 0.240 e. The van der Waals surface area contributed by atoms with Gasteiger partial charge in [0.05, 0.1) is 10.7 Å². The van der Waals surface area contributed by atoms with Gasteiger partial charge >= 0.3 is 0 Å². The van der Waals surface area contributed by atoms with Gasteiger partial charge in [0.1, 0.15) is 18.5 Å². The van der Waals surface area contributed by atoms with E-state index in [1.807, 2.05) is 45.2 Å². The van der Waals surface area contributed by atoms with Gasteiger partial charge in [-0.3, -0.25) is 4.79 Å². The Morgan fingerprint density at radius 2 is 2.00 bits per heavy atom. The molecular formula is C26H35ClN4O3. The molecule has 0 bridgehead atoms. The lowest BCUT2D eigenvalue weighted by molar-refractivity contribution is -0.121. The Hall–Kier alpha value is -2.61. The Labute approximate surface area is 207 Å². The lowest BCUT2D eigenvalue weighted by atomic mass is 9.94. The highest BCUT2D eigenvalue weighted by molar-refractivity contribution is 6.32. The molecule has 2 unspecified atom stereocenters. The maximum atomic E-state index is 11.5. The lowest BCUT2D eigenvalue weighted by Gasteiger charge is -2.33. The molecule has 2 aromatic carbocycles. The number of carbonyl (C=O) groups is 1. The number of nitrogens with one attached hydrogen (secondary N) is 2. The molecule has 1 aliphatic heterocycles. The summed E-state index contributed by atoms with van der Waals surface area (Å²) in [5.41, 5.74) is 6.36. The number of β-amino-alcohol motifs (C(OH)–C–C–N with tert-alkyl or cyclic N) is 1. The third-order valence-corrected chi connectivity index (χ3v) is 6.14. The summed E-state index contributed by atoms with van der Waals surface area (Å²) in [7, 11) is 2.04. The summed E-state index contributed by atoms with van der Waals surface area (Å²) < 4.78 is 5.70. The van der Waals surface area contributed by atoms with Gasteiger partial charge in [-0.25, -0.2) is 5.43 Å². The molecule has 0 aromatic heterocycles. The van der Waals surface area contributed by atoms with Crippen LogP contribution in [-0.2, 0) is 4.79 Å². The number of anilines is 1. The van der Waals surface area contributed by atoms with Crippen LogP contribution in [0.1, 0.15) is 38.3 Å². The first-order valence-corrected chi connectivity index (χ1v) is 11.9. The predicted molar refractivity (Wildman–Crippen MR) is 138 cm³/mol. The number of rotatable bonds is 10. The van der Waals surface area contributed by atoms with Crippen LogP contribution in [0, 0.1) is 12.8 Å². The van der Waals surface area contributed by atoms with E-state index in [1.54, 1.807) is 6.07 Å². The van der Waals surface area contributed by atoms with Crippen molar-refractivity contribution in [3.8, 4) is 5.75 Å². The predicted octanol–water partition coefficient (Wildman–Crippen LogP) is 3.75. The summed E-state index contributed by atoms with van der Waals surface area (Å²) in [5.74, 6) is 0.634. The molecule has 0 radical (unpaired) electrons. The molecule has 34 heavy (non-hydrogen) atoms. The number of likely N-dealkylation sites (N-methyl/N-ethyl adjacent to an activating group) is 1. The maximum Gasteiger partial charge on any atom is 0.240 e. The van der Waals surface area contributed by atoms with Crippen molar-refractivity contribution in [1.29, 1.82) is 0 Å². The number of nitrogens with zero attached hydrogens (tertiary/aromatic N) is 2. The molecule has 1 aliphatic rings. The van der Waals surface area contributed by atoms with Crippen molar-refractivity contribution < 1.29 is 14.6 Å². The highest BCUT2D eigenvalue weighted by Crippen LogP contribution is 2.25. The standard InChI is InChI=1S/C26H35ClN4O3/c1-17-6-11-22(27)23(12-17)34-15-21(32)14-28-26(3,4)16-31(5)20-9-7-19(8-10-20)25-18(2)13-24(33)29-30-25/h6-12,18,21,28,32H,13-16H2,1-5H3,(H,29,33). The normalized spacial score (nSPS) is 17.1. The van der Waals surface area contributed by atoms with E-state index in [0.717, 1.165) is 29.1 Å². The van der Waals surface area contributed by atoms with Crippen LogP contribution in [0.2, 0.25) is 5.02 Å². The summed E-state index contributed by atoms with van der Waals surface area (Å²) in [4.78, 5) is 13.7. The number of halogens is 1. The molecule has 3 rings (SSSR count). The van der Waals surface area contributed by atoms with E-state index in [0.29, 0.717) is 23.7 Å². The fourth-order valence-corrected chi connectivity index (χ4v) is 4.16. The van der Waals surface area contributed by atoms with E-state index in [-0.39, 0.29) is 24.0 Å². The Morgan fingerprint density at radius 3 is 2.68 bits per heavy atom. The minimum atomic E-state index is -0.667. The van der Waals surface area contributed by atoms with Crippen LogP contribution in [0.3, 0.4) is 0 Å². The molecule has 2 aromatic rings. The third kappa shape index (κ3) is 7.19. The van der Waals surface area contributed by atoms with Crippen molar-refractivity contribution in [2.24, 2.45) is 11.0 Å². The maximum absolute atomic E-state index is 11.5. The zero-order valence-corrected chi connectivity index (χ0v) is 21.3. The molecule has 0 fully saturated rings. The average molecular weight is 487 g/mol. The van der Waals surface area contributed by atoms with Gasteiger partial charge in [0.25, 0.3) is 0 Å². The van der Waals surface area contributed by atoms with Gasteiger partial charge in [0.2, 0.25) is 5.91 Å². The third-order valence-electron chi connectivity index (χ3n) is 5.83. The van der Waals surface area contributed by atoms with Gasteiger partial charge in [-0.2, -0.15) is 5.10 Å². The number of hydrogen-bond acceptors (Lipinski definition) is 6. The van der Waals surface area contributed by atoms with Crippen molar-refractivity contribution >= 4 is 28.9 Å². The average Bonchev–Trinajstić information content (AvgIpc) is 2.78. The second-order valence-electron chi connectivity index (χ2n) is 9.70. The Balaban J connectivity index is 1.50. The molecule has 8 heteroatoms. The zero-order chi connectivity index (χ0) is 24.9. The van der Waals surface area contributed by atoms with Crippen LogP contribution in [0.25, 0.3) is 0 Å².